The first kappa shape index (κ1) is 15.4. The number of nitrogens with two attached hydrogens (primary N) is 1. The van der Waals surface area contributed by atoms with E-state index in [0.717, 1.165) is 11.1 Å². The molecule has 0 fully saturated rings. The van der Waals surface area contributed by atoms with E-state index in [-0.39, 0.29) is 0 Å². The molecule has 0 aliphatic heterocycles. The third kappa shape index (κ3) is 3.91. The van der Waals surface area contributed by atoms with Crippen LogP contribution in [0.2, 0.25) is 0 Å². The van der Waals surface area contributed by atoms with E-state index in [1.54, 1.807) is 37.5 Å². The Bertz CT molecular complexity index is 585. The minimum Gasteiger partial charge on any atom is -0.366 e. The van der Waals surface area contributed by atoms with Crippen LogP contribution >= 0.6 is 0 Å². The van der Waals surface area contributed by atoms with Crippen LogP contribution in [0.4, 0.5) is 0 Å². The first-order valence-corrected chi connectivity index (χ1v) is 6.07. The third-order valence-electron chi connectivity index (χ3n) is 2.59. The monoisotopic (exact) mass is 270 g/mol. The number of aliphatic imine (C=N–C) groups is 1. The Morgan fingerprint density at radius 3 is 2.65 bits per heavy atom. The Morgan fingerprint density at radius 2 is 2.10 bits per heavy atom. The van der Waals surface area contributed by atoms with Crippen LogP contribution in [-0.2, 0) is 0 Å². The summed E-state index contributed by atoms with van der Waals surface area (Å²) in [5.74, 6) is -0.471. The number of carbonyl (C=O) groups excluding carboxylic acids is 1. The zero-order valence-corrected chi connectivity index (χ0v) is 11.6. The van der Waals surface area contributed by atoms with E-state index < -0.39 is 5.91 Å². The fraction of sp³-hybridized carbons (Fsp3) is 0.133. The maximum atomic E-state index is 11.3. The Kier molecular flexibility index (Phi) is 5.90. The minimum atomic E-state index is -0.471. The molecule has 0 heterocycles. The molecule has 5 heteroatoms. The van der Waals surface area contributed by atoms with Crippen molar-refractivity contribution in [2.45, 2.75) is 6.92 Å². The van der Waals surface area contributed by atoms with Crippen LogP contribution in [0.15, 0.2) is 58.3 Å². The molecule has 0 atom stereocenters. The van der Waals surface area contributed by atoms with Crippen LogP contribution in [0, 0.1) is 0 Å². The number of amides is 1. The summed E-state index contributed by atoms with van der Waals surface area (Å²) in [5, 5.41) is 4.25. The van der Waals surface area contributed by atoms with Gasteiger partial charge in [-0.05, 0) is 37.4 Å². The molecule has 20 heavy (non-hydrogen) atoms. The molecular formula is C15H18N4O. The summed E-state index contributed by atoms with van der Waals surface area (Å²) in [6, 6.07) is 7.00. The van der Waals surface area contributed by atoms with Gasteiger partial charge in [0.25, 0.3) is 0 Å². The number of carbonyl (C=O) groups is 1. The van der Waals surface area contributed by atoms with Gasteiger partial charge in [-0.1, -0.05) is 18.2 Å². The van der Waals surface area contributed by atoms with Crippen molar-refractivity contribution in [3.63, 3.8) is 0 Å². The number of hydrazone groups is 1. The lowest BCUT2D eigenvalue weighted by atomic mass is 10.00. The molecule has 0 bridgehead atoms. The lowest BCUT2D eigenvalue weighted by molar-refractivity contribution is 0.100. The quantitative estimate of drug-likeness (QED) is 0.470. The van der Waals surface area contributed by atoms with E-state index in [9.17, 15) is 4.79 Å². The standard InChI is InChI=1S/C15H18N4O/c1-4-11(8-9-17-2)14(19-18-3)12-6-5-7-13(10-12)15(16)20/h4-10,18H,2H2,1,3H3,(H2,16,20)/b9-8-,11-4+,19-14-. The van der Waals surface area contributed by atoms with Crippen LogP contribution in [0.25, 0.3) is 0 Å². The van der Waals surface area contributed by atoms with Crippen LogP contribution in [0.3, 0.4) is 0 Å². The number of rotatable bonds is 6. The first-order chi connectivity index (χ1) is 9.63. The first-order valence-electron chi connectivity index (χ1n) is 6.07. The molecule has 1 amide bonds. The predicted molar refractivity (Wildman–Crippen MR) is 83.0 cm³/mol. The highest BCUT2D eigenvalue weighted by atomic mass is 16.1. The van der Waals surface area contributed by atoms with Gasteiger partial charge >= 0.3 is 0 Å². The molecule has 104 valence electrons. The van der Waals surface area contributed by atoms with Crippen LogP contribution in [-0.4, -0.2) is 25.4 Å². The minimum absolute atomic E-state index is 0.438. The van der Waals surface area contributed by atoms with Crippen molar-refractivity contribution in [2.24, 2.45) is 15.8 Å². The summed E-state index contributed by atoms with van der Waals surface area (Å²) in [4.78, 5) is 14.9. The zero-order chi connectivity index (χ0) is 15.0. The molecule has 0 aliphatic carbocycles. The molecule has 0 saturated heterocycles. The van der Waals surface area contributed by atoms with Gasteiger partial charge in [0, 0.05) is 24.4 Å². The number of nitrogens with zero attached hydrogens (tertiary/aromatic N) is 2. The third-order valence-corrected chi connectivity index (χ3v) is 2.59. The van der Waals surface area contributed by atoms with Crippen molar-refractivity contribution >= 4 is 18.3 Å². The van der Waals surface area contributed by atoms with Crippen molar-refractivity contribution in [1.82, 2.24) is 5.43 Å². The van der Waals surface area contributed by atoms with Gasteiger partial charge in [0.1, 0.15) is 0 Å². The van der Waals surface area contributed by atoms with Gasteiger partial charge in [0.2, 0.25) is 5.91 Å². The van der Waals surface area contributed by atoms with Crippen LogP contribution in [0.1, 0.15) is 22.8 Å². The van der Waals surface area contributed by atoms with Gasteiger partial charge in [-0.25, -0.2) is 0 Å². The number of hydrogen-bond donors (Lipinski definition) is 2. The number of benzene rings is 1. The lowest BCUT2D eigenvalue weighted by Crippen LogP contribution is -2.14. The lowest BCUT2D eigenvalue weighted by Gasteiger charge is -2.08. The highest BCUT2D eigenvalue weighted by Crippen LogP contribution is 2.13. The second-order valence-corrected chi connectivity index (χ2v) is 3.87. The molecule has 1 aromatic rings. The summed E-state index contributed by atoms with van der Waals surface area (Å²) in [5.41, 5.74) is 10.8. The smallest absolute Gasteiger partial charge is 0.248 e. The Labute approximate surface area is 118 Å². The summed E-state index contributed by atoms with van der Waals surface area (Å²) >= 11 is 0. The van der Waals surface area contributed by atoms with Gasteiger partial charge in [0.15, 0.2) is 0 Å². The molecule has 0 spiro atoms. The molecule has 1 rings (SSSR count). The molecular weight excluding hydrogens is 252 g/mol. The van der Waals surface area contributed by atoms with Crippen molar-refractivity contribution in [3.8, 4) is 0 Å². The highest BCUT2D eigenvalue weighted by Gasteiger charge is 2.09. The van der Waals surface area contributed by atoms with Gasteiger partial charge in [-0.3, -0.25) is 9.79 Å². The number of allylic oxidation sites excluding steroid dienone is 3. The Hall–Kier alpha value is -2.69. The maximum absolute atomic E-state index is 11.3. The second kappa shape index (κ2) is 7.68. The number of nitrogens with one attached hydrogen (secondary N) is 1. The molecule has 0 unspecified atom stereocenters. The fourth-order valence-corrected chi connectivity index (χ4v) is 1.67. The van der Waals surface area contributed by atoms with Crippen molar-refractivity contribution in [1.29, 1.82) is 0 Å². The van der Waals surface area contributed by atoms with E-state index >= 15 is 0 Å². The van der Waals surface area contributed by atoms with E-state index in [0.29, 0.717) is 11.3 Å². The fourth-order valence-electron chi connectivity index (χ4n) is 1.67. The SMILES string of the molecule is C=N\C=C/C(=C\C)C(=N/NC)/c1cccc(C(N)=O)c1. The van der Waals surface area contributed by atoms with E-state index in [1.165, 1.54) is 0 Å². The summed E-state index contributed by atoms with van der Waals surface area (Å²) in [6.07, 6.45) is 5.27. The average molecular weight is 270 g/mol. The topological polar surface area (TPSA) is 79.8 Å². The second-order valence-electron chi connectivity index (χ2n) is 3.87. The Morgan fingerprint density at radius 1 is 1.40 bits per heavy atom. The van der Waals surface area contributed by atoms with Crippen molar-refractivity contribution < 1.29 is 4.79 Å². The van der Waals surface area contributed by atoms with E-state index in [1.807, 2.05) is 19.1 Å². The summed E-state index contributed by atoms with van der Waals surface area (Å²) < 4.78 is 0. The van der Waals surface area contributed by atoms with Crippen LogP contribution < -0.4 is 11.2 Å². The molecule has 3 N–H and O–H groups in total. The van der Waals surface area contributed by atoms with Gasteiger partial charge in [-0.15, -0.1) is 0 Å². The molecule has 0 aliphatic rings. The molecule has 0 aromatic heterocycles. The molecule has 1 aromatic carbocycles. The van der Waals surface area contributed by atoms with Gasteiger partial charge < -0.3 is 11.2 Å². The molecule has 5 nitrogen and oxygen atoms in total. The normalized spacial score (nSPS) is 12.5. The van der Waals surface area contributed by atoms with Crippen molar-refractivity contribution in [2.75, 3.05) is 7.05 Å². The maximum Gasteiger partial charge on any atom is 0.248 e. The largest absolute Gasteiger partial charge is 0.366 e. The predicted octanol–water partition coefficient (Wildman–Crippen LogP) is 1.87. The number of primary amides is 1. The van der Waals surface area contributed by atoms with E-state index in [4.69, 9.17) is 5.73 Å². The van der Waals surface area contributed by atoms with Crippen molar-refractivity contribution in [3.05, 3.63) is 59.3 Å². The summed E-state index contributed by atoms with van der Waals surface area (Å²) in [7, 11) is 1.71. The zero-order valence-electron chi connectivity index (χ0n) is 11.6. The van der Waals surface area contributed by atoms with Gasteiger partial charge in [0.05, 0.1) is 5.71 Å². The average Bonchev–Trinajstić information content (AvgIpc) is 2.47. The van der Waals surface area contributed by atoms with Crippen LogP contribution in [0.5, 0.6) is 0 Å². The molecule has 0 radical (unpaired) electrons. The Balaban J connectivity index is 3.30. The summed E-state index contributed by atoms with van der Waals surface area (Å²) in [6.45, 7) is 5.30. The van der Waals surface area contributed by atoms with E-state index in [2.05, 4.69) is 22.2 Å². The number of hydrogen-bond acceptors (Lipinski definition) is 4. The van der Waals surface area contributed by atoms with Gasteiger partial charge in [-0.2, -0.15) is 5.10 Å². The highest BCUT2D eigenvalue weighted by molar-refractivity contribution is 6.15. The molecule has 0 saturated carbocycles.